The molecule has 2 aromatic rings. The first-order valence-corrected chi connectivity index (χ1v) is 11.4. The molecule has 2 fully saturated rings. The van der Waals surface area contributed by atoms with E-state index < -0.39 is 0 Å². The number of nitrogens with zero attached hydrogens (tertiary/aromatic N) is 4. The number of rotatable bonds is 5. The summed E-state index contributed by atoms with van der Waals surface area (Å²) < 4.78 is 13.6. The van der Waals surface area contributed by atoms with E-state index >= 15 is 0 Å². The van der Waals surface area contributed by atoms with E-state index in [0.29, 0.717) is 6.61 Å². The van der Waals surface area contributed by atoms with Crippen molar-refractivity contribution < 1.29 is 9.47 Å². The number of hydrogen-bond acceptors (Lipinski definition) is 4. The lowest BCUT2D eigenvalue weighted by Crippen LogP contribution is -2.49. The SMILES string of the molecule is CCNC(=NCC1(c2ccccc2C)CCOCC1)N1CCOC(c2cnn(C)c2)C1.I. The first kappa shape index (κ1) is 25.0. The summed E-state index contributed by atoms with van der Waals surface area (Å²) in [5.74, 6) is 0.971. The highest BCUT2D eigenvalue weighted by Gasteiger charge is 2.36. The van der Waals surface area contributed by atoms with Crippen LogP contribution in [-0.2, 0) is 21.9 Å². The van der Waals surface area contributed by atoms with Gasteiger partial charge < -0.3 is 19.7 Å². The van der Waals surface area contributed by atoms with Gasteiger partial charge in [-0.3, -0.25) is 9.67 Å². The van der Waals surface area contributed by atoms with Crippen molar-refractivity contribution in [1.82, 2.24) is 20.0 Å². The van der Waals surface area contributed by atoms with Gasteiger partial charge in [0.15, 0.2) is 5.96 Å². The van der Waals surface area contributed by atoms with Crippen LogP contribution in [0.1, 0.15) is 42.6 Å². The van der Waals surface area contributed by atoms with Crippen LogP contribution in [0.4, 0.5) is 0 Å². The monoisotopic (exact) mass is 553 g/mol. The quantitative estimate of drug-likeness (QED) is 0.350. The van der Waals surface area contributed by atoms with Gasteiger partial charge in [0.2, 0.25) is 0 Å². The molecule has 7 nitrogen and oxygen atoms in total. The number of aliphatic imine (C=N–C) groups is 1. The number of benzene rings is 1. The van der Waals surface area contributed by atoms with Gasteiger partial charge in [0, 0.05) is 50.5 Å². The van der Waals surface area contributed by atoms with Gasteiger partial charge >= 0.3 is 0 Å². The van der Waals surface area contributed by atoms with E-state index in [1.807, 2.05) is 24.1 Å². The standard InChI is InChI=1S/C24H35N5O2.HI/c1-4-25-23(29-11-14-31-22(17-29)20-15-27-28(3)16-20)26-18-24(9-12-30-13-10-24)21-8-6-5-7-19(21)2;/h5-8,15-16,22H,4,9-14,17-18H2,1-3H3,(H,25,26);1H. The van der Waals surface area contributed by atoms with E-state index in [0.717, 1.165) is 63.8 Å². The summed E-state index contributed by atoms with van der Waals surface area (Å²) in [5.41, 5.74) is 3.89. The zero-order valence-electron chi connectivity index (χ0n) is 19.4. The van der Waals surface area contributed by atoms with Crippen molar-refractivity contribution in [3.8, 4) is 0 Å². The van der Waals surface area contributed by atoms with Crippen LogP contribution in [0.15, 0.2) is 41.7 Å². The molecule has 8 heteroatoms. The summed E-state index contributed by atoms with van der Waals surface area (Å²) in [7, 11) is 1.94. The van der Waals surface area contributed by atoms with Gasteiger partial charge in [0.05, 0.1) is 25.9 Å². The molecule has 0 bridgehead atoms. The van der Waals surface area contributed by atoms with E-state index in [9.17, 15) is 0 Å². The van der Waals surface area contributed by atoms with Crippen LogP contribution >= 0.6 is 24.0 Å². The van der Waals surface area contributed by atoms with E-state index in [-0.39, 0.29) is 35.5 Å². The van der Waals surface area contributed by atoms with E-state index in [1.165, 1.54) is 11.1 Å². The summed E-state index contributed by atoms with van der Waals surface area (Å²) in [6.07, 6.45) is 5.95. The zero-order chi connectivity index (χ0) is 21.7. The molecule has 0 amide bonds. The molecule has 0 radical (unpaired) electrons. The van der Waals surface area contributed by atoms with Crippen molar-refractivity contribution in [3.63, 3.8) is 0 Å². The molecule has 1 aromatic heterocycles. The molecule has 32 heavy (non-hydrogen) atoms. The van der Waals surface area contributed by atoms with Gasteiger partial charge in [-0.15, -0.1) is 24.0 Å². The smallest absolute Gasteiger partial charge is 0.194 e. The number of guanidine groups is 1. The average molecular weight is 553 g/mol. The van der Waals surface area contributed by atoms with Gasteiger partial charge in [-0.05, 0) is 37.8 Å². The Bertz CT molecular complexity index is 894. The van der Waals surface area contributed by atoms with Gasteiger partial charge in [0.25, 0.3) is 0 Å². The van der Waals surface area contributed by atoms with Gasteiger partial charge in [-0.2, -0.15) is 5.10 Å². The normalized spacial score (nSPS) is 21.2. The Kier molecular flexibility index (Phi) is 8.95. The van der Waals surface area contributed by atoms with E-state index in [1.54, 1.807) is 0 Å². The average Bonchev–Trinajstić information content (AvgIpc) is 3.24. The Morgan fingerprint density at radius 3 is 2.72 bits per heavy atom. The summed E-state index contributed by atoms with van der Waals surface area (Å²) in [4.78, 5) is 7.51. The lowest BCUT2D eigenvalue weighted by molar-refractivity contribution is -0.00816. The van der Waals surface area contributed by atoms with Gasteiger partial charge in [-0.1, -0.05) is 24.3 Å². The maximum Gasteiger partial charge on any atom is 0.194 e. The molecule has 0 aliphatic carbocycles. The Labute approximate surface area is 208 Å². The summed E-state index contributed by atoms with van der Waals surface area (Å²) in [6, 6.07) is 8.75. The molecule has 0 spiro atoms. The van der Waals surface area contributed by atoms with Crippen LogP contribution in [0.2, 0.25) is 0 Å². The Morgan fingerprint density at radius 1 is 1.25 bits per heavy atom. The molecule has 1 unspecified atom stereocenters. The van der Waals surface area contributed by atoms with Gasteiger partial charge in [0.1, 0.15) is 6.10 Å². The molecular formula is C24H36IN5O2. The number of hydrogen-bond donors (Lipinski definition) is 1. The van der Waals surface area contributed by atoms with Crippen molar-refractivity contribution in [2.45, 2.75) is 38.2 Å². The maximum absolute atomic E-state index is 6.04. The van der Waals surface area contributed by atoms with E-state index in [2.05, 4.69) is 53.4 Å². The highest BCUT2D eigenvalue weighted by atomic mass is 127. The molecule has 2 aliphatic heterocycles. The minimum Gasteiger partial charge on any atom is -0.381 e. The molecule has 2 saturated heterocycles. The molecular weight excluding hydrogens is 517 g/mol. The third-order valence-corrected chi connectivity index (χ3v) is 6.50. The molecule has 2 aliphatic rings. The fourth-order valence-electron chi connectivity index (χ4n) is 4.74. The van der Waals surface area contributed by atoms with Crippen LogP contribution in [-0.4, -0.2) is 66.6 Å². The molecule has 1 atom stereocenters. The molecule has 176 valence electrons. The number of aryl methyl sites for hydroxylation is 2. The third-order valence-electron chi connectivity index (χ3n) is 6.50. The largest absolute Gasteiger partial charge is 0.381 e. The number of ether oxygens (including phenoxy) is 2. The summed E-state index contributed by atoms with van der Waals surface area (Å²) in [5, 5.41) is 7.83. The first-order chi connectivity index (χ1) is 15.1. The van der Waals surface area contributed by atoms with Crippen molar-refractivity contribution in [1.29, 1.82) is 0 Å². The van der Waals surface area contributed by atoms with E-state index in [4.69, 9.17) is 14.5 Å². The molecule has 3 heterocycles. The molecule has 1 aromatic carbocycles. The van der Waals surface area contributed by atoms with Crippen molar-refractivity contribution in [3.05, 3.63) is 53.3 Å². The van der Waals surface area contributed by atoms with Crippen molar-refractivity contribution in [2.24, 2.45) is 12.0 Å². The second-order valence-electron chi connectivity index (χ2n) is 8.63. The number of aromatic nitrogens is 2. The van der Waals surface area contributed by atoms with Crippen LogP contribution < -0.4 is 5.32 Å². The van der Waals surface area contributed by atoms with Crippen LogP contribution in [0, 0.1) is 6.92 Å². The topological polar surface area (TPSA) is 63.9 Å². The summed E-state index contributed by atoms with van der Waals surface area (Å²) in [6.45, 7) is 9.82. The zero-order valence-corrected chi connectivity index (χ0v) is 21.7. The molecule has 0 saturated carbocycles. The maximum atomic E-state index is 6.04. The molecule has 4 rings (SSSR count). The van der Waals surface area contributed by atoms with Crippen molar-refractivity contribution in [2.75, 3.05) is 46.0 Å². The third kappa shape index (κ3) is 5.63. The second-order valence-corrected chi connectivity index (χ2v) is 8.63. The van der Waals surface area contributed by atoms with Crippen molar-refractivity contribution >= 4 is 29.9 Å². The fourth-order valence-corrected chi connectivity index (χ4v) is 4.74. The fraction of sp³-hybridized carbons (Fsp3) is 0.583. The number of nitrogens with one attached hydrogen (secondary N) is 1. The highest BCUT2D eigenvalue weighted by Crippen LogP contribution is 2.37. The number of morpholine rings is 1. The lowest BCUT2D eigenvalue weighted by atomic mass is 9.72. The second kappa shape index (κ2) is 11.5. The number of halogens is 1. The Morgan fingerprint density at radius 2 is 2.03 bits per heavy atom. The van der Waals surface area contributed by atoms with Crippen LogP contribution in [0.25, 0.3) is 0 Å². The first-order valence-electron chi connectivity index (χ1n) is 11.4. The predicted molar refractivity (Wildman–Crippen MR) is 138 cm³/mol. The molecule has 1 N–H and O–H groups in total. The highest BCUT2D eigenvalue weighted by molar-refractivity contribution is 14.0. The lowest BCUT2D eigenvalue weighted by Gasteiger charge is -2.39. The van der Waals surface area contributed by atoms with Gasteiger partial charge in [-0.25, -0.2) is 0 Å². The summed E-state index contributed by atoms with van der Waals surface area (Å²) >= 11 is 0. The minimum atomic E-state index is 0. The predicted octanol–water partition coefficient (Wildman–Crippen LogP) is 3.43. The van der Waals surface area contributed by atoms with Crippen LogP contribution in [0.5, 0.6) is 0 Å². The minimum absolute atomic E-state index is 0. The Hall–Kier alpha value is -1.65. The van der Waals surface area contributed by atoms with Crippen LogP contribution in [0.3, 0.4) is 0 Å². The Balaban J connectivity index is 0.00000289.